The summed E-state index contributed by atoms with van der Waals surface area (Å²) in [5.74, 6) is -1.88. The van der Waals surface area contributed by atoms with Gasteiger partial charge >= 0.3 is 12.1 Å². The summed E-state index contributed by atoms with van der Waals surface area (Å²) in [4.78, 5) is 11.6. The Morgan fingerprint density at radius 1 is 1.27 bits per heavy atom. The molecule has 0 N–H and O–H groups in total. The number of carbonyl (C=O) groups is 1. The van der Waals surface area contributed by atoms with Crippen molar-refractivity contribution in [1.82, 2.24) is 0 Å². The zero-order valence-electron chi connectivity index (χ0n) is 7.46. The lowest BCUT2D eigenvalue weighted by molar-refractivity contribution is -0.170. The molecule has 15 heavy (non-hydrogen) atoms. The molecule has 0 saturated carbocycles. The van der Waals surface area contributed by atoms with Crippen LogP contribution in [-0.2, 0) is 4.79 Å². The molecule has 0 unspecified atom stereocenters. The number of carbonyl (C=O) groups excluding carboxylic acids is 1. The van der Waals surface area contributed by atoms with E-state index in [0.29, 0.717) is 4.90 Å². The van der Waals surface area contributed by atoms with Gasteiger partial charge in [0.1, 0.15) is 0 Å². The fourth-order valence-electron chi connectivity index (χ4n) is 1.00. The summed E-state index contributed by atoms with van der Waals surface area (Å²) in [5.41, 5.74) is 0.00623. The van der Waals surface area contributed by atoms with Crippen LogP contribution in [0, 0.1) is 0 Å². The van der Waals surface area contributed by atoms with E-state index in [2.05, 4.69) is 15.9 Å². The van der Waals surface area contributed by atoms with Crippen LogP contribution in [0.1, 0.15) is 0 Å². The largest absolute Gasteiger partial charge is 0.471 e. The van der Waals surface area contributed by atoms with Gasteiger partial charge in [-0.2, -0.15) is 13.2 Å². The molecule has 1 rings (SSSR count). The standard InChI is InChI=1S/C9H7BrF3NO/c10-6-14(8(15)9(11,12)13)7-4-2-1-3-5-7/h1-5H,6H2. The molecule has 0 spiro atoms. The highest BCUT2D eigenvalue weighted by Gasteiger charge is 2.42. The number of rotatable bonds is 2. The molecule has 0 aliphatic heterocycles. The van der Waals surface area contributed by atoms with E-state index < -0.39 is 12.1 Å². The molecule has 2 nitrogen and oxygen atoms in total. The second-order valence-corrected chi connectivity index (χ2v) is 3.19. The van der Waals surface area contributed by atoms with E-state index in [1.807, 2.05) is 0 Å². The van der Waals surface area contributed by atoms with Crippen LogP contribution in [-0.4, -0.2) is 17.5 Å². The maximum absolute atomic E-state index is 12.2. The minimum atomic E-state index is -4.86. The summed E-state index contributed by atoms with van der Waals surface area (Å²) < 4.78 is 36.5. The van der Waals surface area contributed by atoms with E-state index in [4.69, 9.17) is 0 Å². The monoisotopic (exact) mass is 281 g/mol. The molecule has 0 heterocycles. The van der Waals surface area contributed by atoms with Crippen molar-refractivity contribution in [3.8, 4) is 0 Å². The molecule has 0 aliphatic carbocycles. The van der Waals surface area contributed by atoms with Gasteiger partial charge in [-0.15, -0.1) is 0 Å². The van der Waals surface area contributed by atoms with Crippen LogP contribution in [0.15, 0.2) is 30.3 Å². The summed E-state index contributed by atoms with van der Waals surface area (Å²) in [6.07, 6.45) is -4.86. The second-order valence-electron chi connectivity index (χ2n) is 2.69. The van der Waals surface area contributed by atoms with E-state index in [1.54, 1.807) is 18.2 Å². The average Bonchev–Trinajstić information content (AvgIpc) is 2.19. The lowest BCUT2D eigenvalue weighted by Gasteiger charge is -2.20. The van der Waals surface area contributed by atoms with Crippen LogP contribution in [0.25, 0.3) is 0 Å². The van der Waals surface area contributed by atoms with Crippen molar-refractivity contribution >= 4 is 27.5 Å². The third-order valence-corrected chi connectivity index (χ3v) is 2.18. The van der Waals surface area contributed by atoms with Crippen LogP contribution < -0.4 is 4.90 Å². The van der Waals surface area contributed by atoms with Crippen molar-refractivity contribution in [1.29, 1.82) is 0 Å². The van der Waals surface area contributed by atoms with Gasteiger partial charge in [0.25, 0.3) is 0 Å². The lowest BCUT2D eigenvalue weighted by Crippen LogP contribution is -2.40. The van der Waals surface area contributed by atoms with Gasteiger partial charge in [0, 0.05) is 5.69 Å². The van der Waals surface area contributed by atoms with Crippen LogP contribution in [0.2, 0.25) is 0 Å². The summed E-state index contributed by atoms with van der Waals surface area (Å²) >= 11 is 2.85. The molecule has 0 fully saturated rings. The number of alkyl halides is 4. The van der Waals surface area contributed by atoms with Gasteiger partial charge in [0.2, 0.25) is 0 Å². The smallest absolute Gasteiger partial charge is 0.294 e. The van der Waals surface area contributed by atoms with Crippen molar-refractivity contribution in [2.45, 2.75) is 6.18 Å². The fourth-order valence-corrected chi connectivity index (χ4v) is 1.52. The minimum absolute atomic E-state index is 0.199. The molecule has 0 radical (unpaired) electrons. The van der Waals surface area contributed by atoms with Gasteiger partial charge in [-0.1, -0.05) is 34.1 Å². The molecule has 0 saturated heterocycles. The molecule has 1 amide bonds. The number of nitrogens with zero attached hydrogens (tertiary/aromatic N) is 1. The number of hydrogen-bond acceptors (Lipinski definition) is 1. The van der Waals surface area contributed by atoms with Crippen LogP contribution >= 0.6 is 15.9 Å². The Balaban J connectivity index is 2.96. The van der Waals surface area contributed by atoms with E-state index in [9.17, 15) is 18.0 Å². The molecule has 6 heteroatoms. The topological polar surface area (TPSA) is 20.3 Å². The first-order chi connectivity index (χ1) is 6.96. The maximum atomic E-state index is 12.2. The van der Waals surface area contributed by atoms with Crippen molar-refractivity contribution in [3.63, 3.8) is 0 Å². The van der Waals surface area contributed by atoms with E-state index >= 15 is 0 Å². The Labute approximate surface area is 92.8 Å². The minimum Gasteiger partial charge on any atom is -0.294 e. The van der Waals surface area contributed by atoms with Crippen molar-refractivity contribution in [2.24, 2.45) is 0 Å². The third-order valence-electron chi connectivity index (χ3n) is 1.68. The number of para-hydroxylation sites is 1. The molecule has 1 aromatic carbocycles. The zero-order valence-corrected chi connectivity index (χ0v) is 9.05. The fraction of sp³-hybridized carbons (Fsp3) is 0.222. The molecular weight excluding hydrogens is 275 g/mol. The van der Waals surface area contributed by atoms with Gasteiger partial charge in [0.15, 0.2) is 0 Å². The maximum Gasteiger partial charge on any atom is 0.471 e. The van der Waals surface area contributed by atoms with Gasteiger partial charge in [-0.05, 0) is 12.1 Å². The van der Waals surface area contributed by atoms with Gasteiger partial charge in [-0.25, -0.2) is 0 Å². The van der Waals surface area contributed by atoms with E-state index in [-0.39, 0.29) is 11.1 Å². The van der Waals surface area contributed by atoms with E-state index in [0.717, 1.165) is 0 Å². The van der Waals surface area contributed by atoms with Gasteiger partial charge in [0.05, 0.1) is 5.45 Å². The van der Waals surface area contributed by atoms with Crippen molar-refractivity contribution in [3.05, 3.63) is 30.3 Å². The Kier molecular flexibility index (Phi) is 3.73. The molecule has 0 aromatic heterocycles. The highest BCUT2D eigenvalue weighted by Crippen LogP contribution is 2.23. The second kappa shape index (κ2) is 4.65. The average molecular weight is 282 g/mol. The number of benzene rings is 1. The summed E-state index contributed by atoms with van der Waals surface area (Å²) in [7, 11) is 0. The first-order valence-corrected chi connectivity index (χ1v) is 5.08. The number of anilines is 1. The normalized spacial score (nSPS) is 11.2. The summed E-state index contributed by atoms with van der Waals surface area (Å²) in [5, 5.41) is 0. The van der Waals surface area contributed by atoms with Crippen LogP contribution in [0.3, 0.4) is 0 Å². The van der Waals surface area contributed by atoms with Crippen LogP contribution in [0.5, 0.6) is 0 Å². The van der Waals surface area contributed by atoms with Crippen molar-refractivity contribution < 1.29 is 18.0 Å². The Morgan fingerprint density at radius 3 is 2.20 bits per heavy atom. The van der Waals surface area contributed by atoms with Gasteiger partial charge < -0.3 is 0 Å². The number of amides is 1. The summed E-state index contributed by atoms with van der Waals surface area (Å²) in [6.45, 7) is 0. The lowest BCUT2D eigenvalue weighted by atomic mass is 10.3. The third kappa shape index (κ3) is 2.95. The first kappa shape index (κ1) is 12.0. The Bertz CT molecular complexity index is 339. The first-order valence-electron chi connectivity index (χ1n) is 3.96. The van der Waals surface area contributed by atoms with Crippen molar-refractivity contribution in [2.75, 3.05) is 10.4 Å². The van der Waals surface area contributed by atoms with E-state index in [1.165, 1.54) is 12.1 Å². The predicted octanol–water partition coefficient (Wildman–Crippen LogP) is 2.93. The summed E-state index contributed by atoms with van der Waals surface area (Å²) in [6, 6.07) is 7.66. The zero-order chi connectivity index (χ0) is 11.5. The number of halogens is 4. The molecular formula is C9H7BrF3NO. The molecule has 0 aliphatic rings. The number of hydrogen-bond donors (Lipinski definition) is 0. The molecule has 0 bridgehead atoms. The highest BCUT2D eigenvalue weighted by atomic mass is 79.9. The molecule has 82 valence electrons. The Morgan fingerprint density at radius 2 is 1.80 bits per heavy atom. The predicted molar refractivity (Wildman–Crippen MR) is 53.8 cm³/mol. The van der Waals surface area contributed by atoms with Crippen LogP contribution in [0.4, 0.5) is 18.9 Å². The van der Waals surface area contributed by atoms with Gasteiger partial charge in [-0.3, -0.25) is 9.69 Å². The SMILES string of the molecule is O=C(N(CBr)c1ccccc1)C(F)(F)F. The highest BCUT2D eigenvalue weighted by molar-refractivity contribution is 9.09. The molecule has 1 aromatic rings. The molecule has 0 atom stereocenters. The quantitative estimate of drug-likeness (QED) is 0.603. The Hall–Kier alpha value is -1.04.